The third-order valence-electron chi connectivity index (χ3n) is 5.31. The first-order chi connectivity index (χ1) is 14.2. The highest BCUT2D eigenvalue weighted by Gasteiger charge is 2.22. The molecule has 3 aromatic carbocycles. The Morgan fingerprint density at radius 2 is 1.43 bits per heavy atom. The molecule has 0 radical (unpaired) electrons. The van der Waals surface area contributed by atoms with Gasteiger partial charge in [0.25, 0.3) is 0 Å². The standard InChI is InChI=1S/C24H21F2NO2S/c1-15(16-4-3-5-21(14-16)27-30(2,28)29)24-22-10-8-19(25)12-17(22)6-7-18-13-20(26)9-11-23(18)24/h3-5,8-14,27H,6-7H2,1-2H3. The molecule has 1 aliphatic carbocycles. The molecule has 154 valence electrons. The Balaban J connectivity index is 1.96. The third-order valence-corrected chi connectivity index (χ3v) is 5.92. The maximum Gasteiger partial charge on any atom is 0.229 e. The van der Waals surface area contributed by atoms with E-state index in [1.54, 1.807) is 30.3 Å². The molecule has 30 heavy (non-hydrogen) atoms. The minimum atomic E-state index is -3.41. The first-order valence-corrected chi connectivity index (χ1v) is 11.5. The lowest BCUT2D eigenvalue weighted by molar-refractivity contribution is 0.606. The Kier molecular flexibility index (Phi) is 5.20. The van der Waals surface area contributed by atoms with E-state index in [2.05, 4.69) is 4.72 Å². The van der Waals surface area contributed by atoms with Crippen molar-refractivity contribution in [3.05, 3.63) is 100 Å². The number of sulfonamides is 1. The molecule has 3 nitrogen and oxygen atoms in total. The monoisotopic (exact) mass is 425 g/mol. The summed E-state index contributed by atoms with van der Waals surface area (Å²) in [6.45, 7) is 1.94. The number of nitrogens with one attached hydrogen (secondary N) is 1. The fourth-order valence-electron chi connectivity index (χ4n) is 4.02. The Bertz CT molecular complexity index is 1220. The van der Waals surface area contributed by atoms with Gasteiger partial charge in [-0.05, 0) is 95.1 Å². The molecule has 4 rings (SSSR count). The van der Waals surface area contributed by atoms with Crippen molar-refractivity contribution in [1.82, 2.24) is 0 Å². The number of rotatable bonds is 3. The maximum absolute atomic E-state index is 13.9. The molecular formula is C24H21F2NO2S. The van der Waals surface area contributed by atoms with Crippen molar-refractivity contribution in [2.24, 2.45) is 0 Å². The molecule has 6 heteroatoms. The lowest BCUT2D eigenvalue weighted by Crippen LogP contribution is -2.09. The van der Waals surface area contributed by atoms with Crippen LogP contribution >= 0.6 is 0 Å². The second-order valence-corrected chi connectivity index (χ2v) is 9.31. The quantitative estimate of drug-likeness (QED) is 0.610. The van der Waals surface area contributed by atoms with E-state index in [4.69, 9.17) is 0 Å². The average molecular weight is 426 g/mol. The number of hydrogen-bond donors (Lipinski definition) is 1. The number of hydrogen-bond acceptors (Lipinski definition) is 2. The first kappa shape index (κ1) is 20.3. The van der Waals surface area contributed by atoms with Gasteiger partial charge in [-0.1, -0.05) is 24.3 Å². The fourth-order valence-corrected chi connectivity index (χ4v) is 4.57. The molecule has 0 bridgehead atoms. The summed E-state index contributed by atoms with van der Waals surface area (Å²) >= 11 is 0. The zero-order chi connectivity index (χ0) is 21.5. The molecule has 0 saturated heterocycles. The number of halogens is 2. The van der Waals surface area contributed by atoms with Gasteiger partial charge >= 0.3 is 0 Å². The Morgan fingerprint density at radius 1 is 0.867 bits per heavy atom. The summed E-state index contributed by atoms with van der Waals surface area (Å²) in [7, 11) is -3.41. The Labute approximate surface area is 175 Å². The molecule has 0 aliphatic heterocycles. The molecule has 0 aromatic heterocycles. The van der Waals surface area contributed by atoms with Gasteiger partial charge in [-0.25, -0.2) is 17.2 Å². The van der Waals surface area contributed by atoms with Crippen LogP contribution in [0.3, 0.4) is 0 Å². The highest BCUT2D eigenvalue weighted by Crippen LogP contribution is 2.39. The van der Waals surface area contributed by atoms with Crippen molar-refractivity contribution in [3.8, 4) is 0 Å². The molecular weight excluding hydrogens is 404 g/mol. The van der Waals surface area contributed by atoms with Crippen molar-refractivity contribution in [2.75, 3.05) is 11.0 Å². The molecule has 0 spiro atoms. The predicted octanol–water partition coefficient (Wildman–Crippen LogP) is 5.41. The summed E-state index contributed by atoms with van der Waals surface area (Å²) in [6.07, 6.45) is 2.32. The summed E-state index contributed by atoms with van der Waals surface area (Å²) in [4.78, 5) is 0. The van der Waals surface area contributed by atoms with Gasteiger partial charge in [0, 0.05) is 5.69 Å². The van der Waals surface area contributed by atoms with Gasteiger partial charge in [-0.3, -0.25) is 4.72 Å². The minimum absolute atomic E-state index is 0.303. The van der Waals surface area contributed by atoms with Crippen molar-refractivity contribution < 1.29 is 17.2 Å². The summed E-state index contributed by atoms with van der Waals surface area (Å²) in [6, 6.07) is 16.6. The number of allylic oxidation sites excluding steroid dienone is 1. The maximum atomic E-state index is 13.9. The van der Waals surface area contributed by atoms with E-state index >= 15 is 0 Å². The van der Waals surface area contributed by atoms with Gasteiger partial charge in [0.2, 0.25) is 10.0 Å². The number of benzene rings is 3. The molecule has 3 aromatic rings. The number of aryl methyl sites for hydroxylation is 2. The second-order valence-electron chi connectivity index (χ2n) is 7.56. The van der Waals surface area contributed by atoms with Crippen molar-refractivity contribution in [1.29, 1.82) is 0 Å². The average Bonchev–Trinajstić information content (AvgIpc) is 2.82. The van der Waals surface area contributed by atoms with Gasteiger partial charge in [-0.15, -0.1) is 0 Å². The first-order valence-electron chi connectivity index (χ1n) is 9.58. The van der Waals surface area contributed by atoms with Crippen molar-refractivity contribution >= 4 is 26.9 Å². The fraction of sp³-hybridized carbons (Fsp3) is 0.167. The number of anilines is 1. The summed E-state index contributed by atoms with van der Waals surface area (Å²) in [5.41, 5.74) is 6.62. The summed E-state index contributed by atoms with van der Waals surface area (Å²) < 4.78 is 53.6. The minimum Gasteiger partial charge on any atom is -0.284 e. The van der Waals surface area contributed by atoms with Gasteiger partial charge in [0.15, 0.2) is 0 Å². The van der Waals surface area contributed by atoms with Crippen LogP contribution < -0.4 is 4.72 Å². The normalized spacial score (nSPS) is 13.3. The molecule has 0 atom stereocenters. The van der Waals surface area contributed by atoms with E-state index in [-0.39, 0.29) is 11.6 Å². The topological polar surface area (TPSA) is 46.2 Å². The van der Waals surface area contributed by atoms with Gasteiger partial charge in [0.1, 0.15) is 11.6 Å². The highest BCUT2D eigenvalue weighted by molar-refractivity contribution is 7.92. The molecule has 1 aliphatic rings. The molecule has 0 amide bonds. The number of fused-ring (bicyclic) bond motifs is 2. The lowest BCUT2D eigenvalue weighted by atomic mass is 9.88. The van der Waals surface area contributed by atoms with Crippen molar-refractivity contribution in [3.63, 3.8) is 0 Å². The zero-order valence-electron chi connectivity index (χ0n) is 16.7. The van der Waals surface area contributed by atoms with Crippen LogP contribution in [0.5, 0.6) is 0 Å². The van der Waals surface area contributed by atoms with Crippen LogP contribution in [0.15, 0.2) is 60.7 Å². The third kappa shape index (κ3) is 4.14. The van der Waals surface area contributed by atoms with Crippen LogP contribution in [0.2, 0.25) is 0 Å². The Hall–Kier alpha value is -2.99. The van der Waals surface area contributed by atoms with Crippen LogP contribution in [0.1, 0.15) is 34.7 Å². The SMILES string of the molecule is CC(=C1c2ccc(F)cc2CCc2cc(F)ccc21)c1cccc(NS(C)(=O)=O)c1. The van der Waals surface area contributed by atoms with E-state index in [0.29, 0.717) is 18.5 Å². The van der Waals surface area contributed by atoms with Gasteiger partial charge < -0.3 is 0 Å². The second kappa shape index (κ2) is 7.69. The van der Waals surface area contributed by atoms with Gasteiger partial charge in [0.05, 0.1) is 6.26 Å². The van der Waals surface area contributed by atoms with Crippen LogP contribution in [0.4, 0.5) is 14.5 Å². The van der Waals surface area contributed by atoms with Crippen LogP contribution in [0, 0.1) is 11.6 Å². The van der Waals surface area contributed by atoms with Crippen LogP contribution in [-0.2, 0) is 22.9 Å². The van der Waals surface area contributed by atoms with Gasteiger partial charge in [-0.2, -0.15) is 0 Å². The molecule has 0 fully saturated rings. The Morgan fingerprint density at radius 3 is 1.97 bits per heavy atom. The predicted molar refractivity (Wildman–Crippen MR) is 117 cm³/mol. The zero-order valence-corrected chi connectivity index (χ0v) is 17.5. The molecule has 0 unspecified atom stereocenters. The lowest BCUT2D eigenvalue weighted by Gasteiger charge is -2.17. The summed E-state index contributed by atoms with van der Waals surface area (Å²) in [5.74, 6) is -0.607. The van der Waals surface area contributed by atoms with Crippen molar-refractivity contribution in [2.45, 2.75) is 19.8 Å². The van der Waals surface area contributed by atoms with E-state index in [1.165, 1.54) is 24.3 Å². The molecule has 0 heterocycles. The highest BCUT2D eigenvalue weighted by atomic mass is 32.2. The van der Waals surface area contributed by atoms with Crippen LogP contribution in [-0.4, -0.2) is 14.7 Å². The molecule has 1 N–H and O–H groups in total. The van der Waals surface area contributed by atoms with E-state index in [1.807, 2.05) is 13.0 Å². The van der Waals surface area contributed by atoms with Crippen LogP contribution in [0.25, 0.3) is 11.1 Å². The van der Waals surface area contributed by atoms with E-state index < -0.39 is 10.0 Å². The summed E-state index contributed by atoms with van der Waals surface area (Å²) in [5, 5.41) is 0. The molecule has 0 saturated carbocycles. The largest absolute Gasteiger partial charge is 0.284 e. The van der Waals surface area contributed by atoms with E-state index in [9.17, 15) is 17.2 Å². The van der Waals surface area contributed by atoms with E-state index in [0.717, 1.165) is 45.2 Å². The smallest absolute Gasteiger partial charge is 0.229 e.